The number of hydrogen-bond donors (Lipinski definition) is 0. The monoisotopic (exact) mass is 407 g/mol. The third-order valence-electron chi connectivity index (χ3n) is 4.62. The molecule has 27 heavy (non-hydrogen) atoms. The molecule has 0 amide bonds. The average Bonchev–Trinajstić information content (AvgIpc) is 2.68. The number of hydrogen-bond acceptors (Lipinski definition) is 4. The second kappa shape index (κ2) is 9.56. The van der Waals surface area contributed by atoms with E-state index in [1.165, 1.54) is 0 Å². The lowest BCUT2D eigenvalue weighted by atomic mass is 10.1. The molecule has 1 fully saturated rings. The molecule has 4 nitrogen and oxygen atoms in total. The van der Waals surface area contributed by atoms with Crippen molar-refractivity contribution in [3.8, 4) is 5.75 Å². The van der Waals surface area contributed by atoms with Crippen LogP contribution in [-0.2, 0) is 16.1 Å². The lowest BCUT2D eigenvalue weighted by Crippen LogP contribution is -2.39. The molecule has 0 bridgehead atoms. The summed E-state index contributed by atoms with van der Waals surface area (Å²) in [7, 11) is 0. The van der Waals surface area contributed by atoms with Gasteiger partial charge in [0, 0.05) is 36.6 Å². The van der Waals surface area contributed by atoms with E-state index in [-0.39, 0.29) is 11.3 Å². The van der Waals surface area contributed by atoms with Crippen molar-refractivity contribution in [3.63, 3.8) is 0 Å². The first kappa shape index (κ1) is 20.2. The van der Waals surface area contributed by atoms with Crippen LogP contribution in [-0.4, -0.2) is 36.4 Å². The molecule has 1 unspecified atom stereocenters. The van der Waals surface area contributed by atoms with Gasteiger partial charge in [-0.15, -0.1) is 0 Å². The molecule has 144 valence electrons. The number of aryl methyl sites for hydroxylation is 1. The summed E-state index contributed by atoms with van der Waals surface area (Å²) in [4.78, 5) is 13.2. The minimum absolute atomic E-state index is 0.00977. The van der Waals surface area contributed by atoms with Crippen LogP contribution < -0.4 is 4.74 Å². The number of nitrogens with zero attached hydrogens (tertiary/aromatic N) is 1. The summed E-state index contributed by atoms with van der Waals surface area (Å²) in [6.07, 6.45) is 0.354. The Labute approximate surface area is 170 Å². The molecule has 1 aliphatic rings. The number of carbonyl (C=O) groups is 1. The molecule has 0 spiro atoms. The zero-order chi connectivity index (χ0) is 19.2. The maximum Gasteiger partial charge on any atom is 0.222 e. The Kier molecular flexibility index (Phi) is 7.13. The molecule has 1 saturated heterocycles. The van der Waals surface area contributed by atoms with Gasteiger partial charge in [-0.05, 0) is 42.3 Å². The smallest absolute Gasteiger partial charge is 0.222 e. The molecule has 2 aromatic rings. The van der Waals surface area contributed by atoms with E-state index < -0.39 is 0 Å². The van der Waals surface area contributed by atoms with E-state index >= 15 is 0 Å². The molecule has 6 heteroatoms. The van der Waals surface area contributed by atoms with Crippen LogP contribution in [0.4, 0.5) is 0 Å². The van der Waals surface area contributed by atoms with Gasteiger partial charge in [-0.25, -0.2) is 0 Å². The molecule has 0 aromatic heterocycles. The standard InChI is InChI=1S/C21H23Cl2NO3/c1-15-2-7-19(22)17(12-15)14-27-18-5-3-16(4-6-18)20-13-24(10-11-26-20)9-8-21(23)25/h2-7,12,20H,8-11,13-14H2,1H3. The van der Waals surface area contributed by atoms with Crippen molar-refractivity contribution in [2.75, 3.05) is 26.2 Å². The van der Waals surface area contributed by atoms with Gasteiger partial charge in [-0.1, -0.05) is 41.4 Å². The maximum atomic E-state index is 11.0. The van der Waals surface area contributed by atoms with Gasteiger partial charge >= 0.3 is 0 Å². The number of halogens is 2. The van der Waals surface area contributed by atoms with E-state index in [1.807, 2.05) is 49.4 Å². The summed E-state index contributed by atoms with van der Waals surface area (Å²) >= 11 is 11.7. The molecular weight excluding hydrogens is 385 g/mol. The van der Waals surface area contributed by atoms with Gasteiger partial charge in [0.1, 0.15) is 12.4 Å². The van der Waals surface area contributed by atoms with Crippen LogP contribution in [0.15, 0.2) is 42.5 Å². The van der Waals surface area contributed by atoms with Crippen LogP contribution in [0.5, 0.6) is 5.75 Å². The van der Waals surface area contributed by atoms with Crippen LogP contribution in [0.3, 0.4) is 0 Å². The topological polar surface area (TPSA) is 38.8 Å². The average molecular weight is 408 g/mol. The lowest BCUT2D eigenvalue weighted by Gasteiger charge is -2.32. The largest absolute Gasteiger partial charge is 0.489 e. The van der Waals surface area contributed by atoms with Gasteiger partial charge in [-0.3, -0.25) is 9.69 Å². The second-order valence-electron chi connectivity index (χ2n) is 6.72. The number of carbonyl (C=O) groups excluding carboxylic acids is 1. The van der Waals surface area contributed by atoms with Crippen LogP contribution >= 0.6 is 23.2 Å². The zero-order valence-corrected chi connectivity index (χ0v) is 16.8. The van der Waals surface area contributed by atoms with E-state index in [0.29, 0.717) is 31.2 Å². The molecule has 2 aromatic carbocycles. The Bertz CT molecular complexity index is 779. The predicted octanol–water partition coefficient (Wildman–Crippen LogP) is 4.76. The summed E-state index contributed by atoms with van der Waals surface area (Å²) in [6.45, 7) is 5.35. The van der Waals surface area contributed by atoms with Crippen LogP contribution in [0.25, 0.3) is 0 Å². The summed E-state index contributed by atoms with van der Waals surface area (Å²) in [5.41, 5.74) is 3.22. The van der Waals surface area contributed by atoms with E-state index in [2.05, 4.69) is 4.90 Å². The third-order valence-corrected chi connectivity index (χ3v) is 5.18. The zero-order valence-electron chi connectivity index (χ0n) is 15.3. The number of rotatable bonds is 7. The molecular formula is C21H23Cl2NO3. The SMILES string of the molecule is Cc1ccc(Cl)c(COc2ccc(C3CN(CCC(=O)Cl)CCO3)cc2)c1. The number of ether oxygens (including phenoxy) is 2. The van der Waals surface area contributed by atoms with Gasteiger partial charge in [-0.2, -0.15) is 0 Å². The van der Waals surface area contributed by atoms with Gasteiger partial charge < -0.3 is 9.47 Å². The fourth-order valence-corrected chi connectivity index (χ4v) is 3.36. The molecule has 0 N–H and O–H groups in total. The molecule has 1 heterocycles. The van der Waals surface area contributed by atoms with Crippen molar-refractivity contribution in [1.82, 2.24) is 4.90 Å². The summed E-state index contributed by atoms with van der Waals surface area (Å²) in [5, 5.41) is 0.414. The minimum Gasteiger partial charge on any atom is -0.489 e. The number of benzene rings is 2. The van der Waals surface area contributed by atoms with Gasteiger partial charge in [0.15, 0.2) is 0 Å². The first-order chi connectivity index (χ1) is 13.0. The minimum atomic E-state index is -0.298. The van der Waals surface area contributed by atoms with E-state index in [4.69, 9.17) is 32.7 Å². The highest BCUT2D eigenvalue weighted by molar-refractivity contribution is 6.63. The Morgan fingerprint density at radius 2 is 2.04 bits per heavy atom. The van der Waals surface area contributed by atoms with Crippen molar-refractivity contribution in [3.05, 3.63) is 64.2 Å². The summed E-state index contributed by atoms with van der Waals surface area (Å²) < 4.78 is 11.7. The van der Waals surface area contributed by atoms with Crippen molar-refractivity contribution in [1.29, 1.82) is 0 Å². The van der Waals surface area contributed by atoms with Crippen LogP contribution in [0, 0.1) is 6.92 Å². The number of morpholine rings is 1. The lowest BCUT2D eigenvalue weighted by molar-refractivity contribution is -0.112. The molecule has 0 radical (unpaired) electrons. The third kappa shape index (κ3) is 5.94. The second-order valence-corrected chi connectivity index (χ2v) is 7.55. The quantitative estimate of drug-likeness (QED) is 0.620. The highest BCUT2D eigenvalue weighted by atomic mass is 35.5. The van der Waals surface area contributed by atoms with E-state index in [1.54, 1.807) is 0 Å². The predicted molar refractivity (Wildman–Crippen MR) is 108 cm³/mol. The molecule has 0 aliphatic carbocycles. The Balaban J connectivity index is 1.56. The Hall–Kier alpha value is -1.59. The Morgan fingerprint density at radius 3 is 2.78 bits per heavy atom. The normalized spacial score (nSPS) is 17.7. The molecule has 1 atom stereocenters. The highest BCUT2D eigenvalue weighted by Crippen LogP contribution is 2.25. The van der Waals surface area contributed by atoms with Crippen molar-refractivity contribution in [2.45, 2.75) is 26.1 Å². The summed E-state index contributed by atoms with van der Waals surface area (Å²) in [5.74, 6) is 0.789. The van der Waals surface area contributed by atoms with Crippen molar-refractivity contribution >= 4 is 28.4 Å². The first-order valence-corrected chi connectivity index (χ1v) is 9.77. The highest BCUT2D eigenvalue weighted by Gasteiger charge is 2.22. The van der Waals surface area contributed by atoms with Gasteiger partial charge in [0.25, 0.3) is 0 Å². The van der Waals surface area contributed by atoms with Crippen LogP contribution in [0.1, 0.15) is 29.2 Å². The van der Waals surface area contributed by atoms with E-state index in [0.717, 1.165) is 35.5 Å². The summed E-state index contributed by atoms with van der Waals surface area (Å²) in [6, 6.07) is 13.8. The maximum absolute atomic E-state index is 11.0. The Morgan fingerprint density at radius 1 is 1.26 bits per heavy atom. The van der Waals surface area contributed by atoms with E-state index in [9.17, 15) is 4.79 Å². The van der Waals surface area contributed by atoms with Crippen LogP contribution in [0.2, 0.25) is 5.02 Å². The van der Waals surface area contributed by atoms with Crippen molar-refractivity contribution < 1.29 is 14.3 Å². The molecule has 0 saturated carbocycles. The first-order valence-electron chi connectivity index (χ1n) is 9.01. The molecule has 1 aliphatic heterocycles. The van der Waals surface area contributed by atoms with Gasteiger partial charge in [0.2, 0.25) is 5.24 Å². The van der Waals surface area contributed by atoms with Gasteiger partial charge in [0.05, 0.1) is 12.7 Å². The molecule has 3 rings (SSSR count). The van der Waals surface area contributed by atoms with Crippen molar-refractivity contribution in [2.24, 2.45) is 0 Å². The fraction of sp³-hybridized carbons (Fsp3) is 0.381. The fourth-order valence-electron chi connectivity index (χ4n) is 3.11.